The Hall–Kier alpha value is -0.120. The molecule has 0 aromatic carbocycles. The molecule has 1 saturated carbocycles. The quantitative estimate of drug-likeness (QED) is 0.696. The van der Waals surface area contributed by atoms with Gasteiger partial charge in [-0.1, -0.05) is 0 Å². The molecule has 1 aliphatic heterocycles. The fraction of sp³-hybridized carbons (Fsp3) is 1.00. The fourth-order valence-corrected chi connectivity index (χ4v) is 2.42. The third-order valence-electron chi connectivity index (χ3n) is 3.63. The van der Waals surface area contributed by atoms with E-state index in [1.807, 2.05) is 0 Å². The van der Waals surface area contributed by atoms with Crippen LogP contribution in [0.2, 0.25) is 0 Å². The van der Waals surface area contributed by atoms with Crippen LogP contribution in [0.25, 0.3) is 0 Å². The predicted octanol–water partition coefficient (Wildman–Crippen LogP) is 0.585. The van der Waals surface area contributed by atoms with Gasteiger partial charge >= 0.3 is 0 Å². The van der Waals surface area contributed by atoms with Gasteiger partial charge in [-0.25, -0.2) is 0 Å². The van der Waals surface area contributed by atoms with Crippen molar-refractivity contribution in [3.63, 3.8) is 0 Å². The lowest BCUT2D eigenvalue weighted by Gasteiger charge is -2.39. The standard InChI is InChI=1S/C11H22N2O/c1-10-9-13(8-6-12-10)7-5-11(14)3-2-4-11/h10,12,14H,2-9H2,1H3/t10-/m1/s1. The van der Waals surface area contributed by atoms with E-state index in [-0.39, 0.29) is 5.60 Å². The van der Waals surface area contributed by atoms with Gasteiger partial charge in [0.15, 0.2) is 0 Å². The number of nitrogens with one attached hydrogen (secondary N) is 1. The molecule has 0 amide bonds. The van der Waals surface area contributed by atoms with Crippen molar-refractivity contribution >= 4 is 0 Å². The van der Waals surface area contributed by atoms with Crippen molar-refractivity contribution in [3.8, 4) is 0 Å². The summed E-state index contributed by atoms with van der Waals surface area (Å²) < 4.78 is 0. The number of hydrogen-bond acceptors (Lipinski definition) is 3. The minimum Gasteiger partial charge on any atom is -0.390 e. The molecule has 0 unspecified atom stereocenters. The second-order valence-corrected chi connectivity index (χ2v) is 4.98. The molecule has 0 spiro atoms. The van der Waals surface area contributed by atoms with Crippen LogP contribution in [0.5, 0.6) is 0 Å². The number of nitrogens with zero attached hydrogens (tertiary/aromatic N) is 1. The van der Waals surface area contributed by atoms with Crippen LogP contribution in [0.15, 0.2) is 0 Å². The van der Waals surface area contributed by atoms with Gasteiger partial charge in [-0.15, -0.1) is 0 Å². The average Bonchev–Trinajstić information content (AvgIpc) is 2.12. The van der Waals surface area contributed by atoms with Gasteiger partial charge in [0, 0.05) is 32.2 Å². The monoisotopic (exact) mass is 198 g/mol. The lowest BCUT2D eigenvalue weighted by atomic mass is 9.78. The third kappa shape index (κ3) is 2.47. The Kier molecular flexibility index (Phi) is 3.10. The zero-order valence-electron chi connectivity index (χ0n) is 9.13. The van der Waals surface area contributed by atoms with Gasteiger partial charge in [0.25, 0.3) is 0 Å². The van der Waals surface area contributed by atoms with Crippen LogP contribution in [-0.4, -0.2) is 47.8 Å². The predicted molar refractivity (Wildman–Crippen MR) is 57.3 cm³/mol. The normalized spacial score (nSPS) is 32.6. The Morgan fingerprint density at radius 3 is 2.86 bits per heavy atom. The number of piperazine rings is 1. The molecule has 1 aliphatic carbocycles. The summed E-state index contributed by atoms with van der Waals surface area (Å²) in [6.45, 7) is 6.67. The van der Waals surface area contributed by atoms with Crippen molar-refractivity contribution < 1.29 is 5.11 Å². The Morgan fingerprint density at radius 2 is 2.29 bits per heavy atom. The van der Waals surface area contributed by atoms with Gasteiger partial charge in [0.1, 0.15) is 0 Å². The van der Waals surface area contributed by atoms with Gasteiger partial charge in [-0.3, -0.25) is 0 Å². The van der Waals surface area contributed by atoms with E-state index >= 15 is 0 Å². The van der Waals surface area contributed by atoms with Crippen molar-refractivity contribution in [1.29, 1.82) is 0 Å². The molecule has 82 valence electrons. The average molecular weight is 198 g/mol. The molecular formula is C11H22N2O. The molecule has 2 rings (SSSR count). The maximum atomic E-state index is 9.96. The molecule has 0 radical (unpaired) electrons. The van der Waals surface area contributed by atoms with Crippen molar-refractivity contribution in [2.75, 3.05) is 26.2 Å². The Morgan fingerprint density at radius 1 is 1.50 bits per heavy atom. The first-order chi connectivity index (χ1) is 6.68. The van der Waals surface area contributed by atoms with Crippen LogP contribution >= 0.6 is 0 Å². The first-order valence-electron chi connectivity index (χ1n) is 5.86. The highest BCUT2D eigenvalue weighted by Crippen LogP contribution is 2.34. The lowest BCUT2D eigenvalue weighted by Crippen LogP contribution is -2.51. The molecule has 0 aromatic rings. The Bertz CT molecular complexity index is 192. The second kappa shape index (κ2) is 4.17. The maximum absolute atomic E-state index is 9.96. The summed E-state index contributed by atoms with van der Waals surface area (Å²) in [7, 11) is 0. The van der Waals surface area contributed by atoms with Crippen molar-refractivity contribution in [2.24, 2.45) is 0 Å². The van der Waals surface area contributed by atoms with Gasteiger partial charge in [0.2, 0.25) is 0 Å². The van der Waals surface area contributed by atoms with E-state index in [2.05, 4.69) is 17.1 Å². The zero-order valence-corrected chi connectivity index (χ0v) is 9.13. The summed E-state index contributed by atoms with van der Waals surface area (Å²) in [5.74, 6) is 0. The Balaban J connectivity index is 1.69. The fourth-order valence-electron chi connectivity index (χ4n) is 2.42. The van der Waals surface area contributed by atoms with E-state index in [1.54, 1.807) is 0 Å². The van der Waals surface area contributed by atoms with Gasteiger partial charge in [-0.2, -0.15) is 0 Å². The first-order valence-corrected chi connectivity index (χ1v) is 5.86. The largest absolute Gasteiger partial charge is 0.390 e. The second-order valence-electron chi connectivity index (χ2n) is 4.98. The van der Waals surface area contributed by atoms with Gasteiger partial charge < -0.3 is 15.3 Å². The third-order valence-corrected chi connectivity index (χ3v) is 3.63. The topological polar surface area (TPSA) is 35.5 Å². The van der Waals surface area contributed by atoms with Crippen LogP contribution in [0.1, 0.15) is 32.6 Å². The summed E-state index contributed by atoms with van der Waals surface area (Å²) in [5, 5.41) is 13.4. The number of hydrogen-bond donors (Lipinski definition) is 2. The summed E-state index contributed by atoms with van der Waals surface area (Å²) in [6.07, 6.45) is 4.23. The lowest BCUT2D eigenvalue weighted by molar-refractivity contribution is -0.0474. The highest BCUT2D eigenvalue weighted by atomic mass is 16.3. The van der Waals surface area contributed by atoms with Crippen LogP contribution < -0.4 is 5.32 Å². The molecule has 14 heavy (non-hydrogen) atoms. The summed E-state index contributed by atoms with van der Waals surface area (Å²) in [4.78, 5) is 2.47. The Labute approximate surface area is 86.5 Å². The maximum Gasteiger partial charge on any atom is 0.0660 e. The van der Waals surface area contributed by atoms with Crippen LogP contribution in [0, 0.1) is 0 Å². The van der Waals surface area contributed by atoms with E-state index in [1.165, 1.54) is 6.42 Å². The summed E-state index contributed by atoms with van der Waals surface area (Å²) in [5.41, 5.74) is -0.298. The van der Waals surface area contributed by atoms with E-state index < -0.39 is 0 Å². The molecular weight excluding hydrogens is 176 g/mol. The molecule has 0 bridgehead atoms. The summed E-state index contributed by atoms with van der Waals surface area (Å²) >= 11 is 0. The van der Waals surface area contributed by atoms with Crippen LogP contribution in [0.3, 0.4) is 0 Å². The molecule has 0 aromatic heterocycles. The van der Waals surface area contributed by atoms with Crippen molar-refractivity contribution in [2.45, 2.75) is 44.2 Å². The van der Waals surface area contributed by atoms with Gasteiger partial charge in [-0.05, 0) is 32.6 Å². The van der Waals surface area contributed by atoms with Crippen molar-refractivity contribution in [1.82, 2.24) is 10.2 Å². The molecule has 1 atom stereocenters. The molecule has 2 N–H and O–H groups in total. The molecule has 3 heteroatoms. The molecule has 1 heterocycles. The minimum absolute atomic E-state index is 0.298. The smallest absolute Gasteiger partial charge is 0.0660 e. The summed E-state index contributed by atoms with van der Waals surface area (Å²) in [6, 6.07) is 0.611. The van der Waals surface area contributed by atoms with E-state index in [4.69, 9.17) is 0 Å². The zero-order chi connectivity index (χ0) is 10.0. The molecule has 2 fully saturated rings. The van der Waals surface area contributed by atoms with E-state index in [0.29, 0.717) is 6.04 Å². The number of rotatable bonds is 3. The molecule has 1 saturated heterocycles. The molecule has 2 aliphatic rings. The first kappa shape index (κ1) is 10.4. The van der Waals surface area contributed by atoms with Crippen molar-refractivity contribution in [3.05, 3.63) is 0 Å². The SMILES string of the molecule is C[C@@H]1CN(CCC2(O)CCC2)CCN1. The van der Waals surface area contributed by atoms with Gasteiger partial charge in [0.05, 0.1) is 5.60 Å². The number of aliphatic hydroxyl groups is 1. The van der Waals surface area contributed by atoms with Crippen LogP contribution in [-0.2, 0) is 0 Å². The molecule has 3 nitrogen and oxygen atoms in total. The highest BCUT2D eigenvalue weighted by molar-refractivity contribution is 4.88. The van der Waals surface area contributed by atoms with Crippen LogP contribution in [0.4, 0.5) is 0 Å². The minimum atomic E-state index is -0.298. The highest BCUT2D eigenvalue weighted by Gasteiger charge is 2.34. The van der Waals surface area contributed by atoms with E-state index in [9.17, 15) is 5.11 Å². The van der Waals surface area contributed by atoms with E-state index in [0.717, 1.165) is 45.4 Å².